The van der Waals surface area contributed by atoms with E-state index in [4.69, 9.17) is 0 Å². The zero-order chi connectivity index (χ0) is 15.6. The molecular formula is C12H9BrF3N3O2. The lowest BCUT2D eigenvalue weighted by atomic mass is 10.3. The van der Waals surface area contributed by atoms with Crippen LogP contribution in [0.1, 0.15) is 23.1 Å². The highest BCUT2D eigenvalue weighted by Crippen LogP contribution is 2.31. The summed E-state index contributed by atoms with van der Waals surface area (Å²) in [5, 5.41) is 3.64. The number of aromatic nitrogens is 3. The Morgan fingerprint density at radius 3 is 2.67 bits per heavy atom. The van der Waals surface area contributed by atoms with Crippen LogP contribution in [-0.2, 0) is 10.9 Å². The predicted octanol–water partition coefficient (Wildman–Crippen LogP) is 3.23. The molecule has 0 aliphatic carbocycles. The number of hydrogen-bond donors (Lipinski definition) is 0. The Labute approximate surface area is 125 Å². The molecule has 0 amide bonds. The van der Waals surface area contributed by atoms with Gasteiger partial charge in [-0.1, -0.05) is 0 Å². The number of nitrogens with zero attached hydrogens (tertiary/aromatic N) is 3. The molecular weight excluding hydrogens is 355 g/mol. The zero-order valence-electron chi connectivity index (χ0n) is 10.7. The largest absolute Gasteiger partial charge is 0.461 e. The molecule has 0 bridgehead atoms. The standard InChI is InChI=1S/C12H9BrF3N3O2/c1-2-21-11(20)8-5-9(12(14,15)16)19(18-8)10-4-3-7(13)6-17-10/h3-6H,2H2,1H3. The van der Waals surface area contributed by atoms with Gasteiger partial charge in [0.25, 0.3) is 0 Å². The number of rotatable bonds is 3. The third-order valence-electron chi connectivity index (χ3n) is 2.41. The van der Waals surface area contributed by atoms with Crippen molar-refractivity contribution in [1.29, 1.82) is 0 Å². The maximum absolute atomic E-state index is 13.0. The molecule has 2 heterocycles. The Morgan fingerprint density at radius 2 is 2.14 bits per heavy atom. The second-order valence-corrected chi connectivity index (χ2v) is 4.80. The summed E-state index contributed by atoms with van der Waals surface area (Å²) in [5.74, 6) is -0.972. The van der Waals surface area contributed by atoms with Crippen LogP contribution in [0.2, 0.25) is 0 Å². The van der Waals surface area contributed by atoms with Crippen LogP contribution >= 0.6 is 15.9 Å². The van der Waals surface area contributed by atoms with Crippen molar-refractivity contribution >= 4 is 21.9 Å². The van der Waals surface area contributed by atoms with Crippen LogP contribution in [0.5, 0.6) is 0 Å². The molecule has 0 saturated carbocycles. The summed E-state index contributed by atoms with van der Waals surface area (Å²) in [5.41, 5.74) is -1.52. The second kappa shape index (κ2) is 5.84. The summed E-state index contributed by atoms with van der Waals surface area (Å²) in [6.07, 6.45) is -3.34. The van der Waals surface area contributed by atoms with Gasteiger partial charge < -0.3 is 4.74 Å². The molecule has 5 nitrogen and oxygen atoms in total. The van der Waals surface area contributed by atoms with Crippen molar-refractivity contribution in [2.75, 3.05) is 6.61 Å². The molecule has 0 aliphatic rings. The first kappa shape index (κ1) is 15.5. The van der Waals surface area contributed by atoms with E-state index in [9.17, 15) is 18.0 Å². The molecule has 0 unspecified atom stereocenters. The molecule has 2 rings (SSSR count). The molecule has 0 aromatic carbocycles. The minimum absolute atomic E-state index is 0.0452. The van der Waals surface area contributed by atoms with Gasteiger partial charge in [-0.2, -0.15) is 18.3 Å². The Kier molecular flexibility index (Phi) is 4.31. The van der Waals surface area contributed by atoms with Gasteiger partial charge in [-0.25, -0.2) is 14.5 Å². The fraction of sp³-hybridized carbons (Fsp3) is 0.250. The first-order valence-electron chi connectivity index (χ1n) is 5.79. The maximum atomic E-state index is 13.0. The topological polar surface area (TPSA) is 57.0 Å². The predicted molar refractivity (Wildman–Crippen MR) is 70.0 cm³/mol. The van der Waals surface area contributed by atoms with Gasteiger partial charge in [0.2, 0.25) is 0 Å². The van der Waals surface area contributed by atoms with Crippen molar-refractivity contribution in [2.24, 2.45) is 0 Å². The molecule has 2 aromatic heterocycles. The van der Waals surface area contributed by atoms with Crippen LogP contribution in [0.4, 0.5) is 13.2 Å². The monoisotopic (exact) mass is 363 g/mol. The van der Waals surface area contributed by atoms with Gasteiger partial charge in [-0.15, -0.1) is 0 Å². The highest BCUT2D eigenvalue weighted by molar-refractivity contribution is 9.10. The second-order valence-electron chi connectivity index (χ2n) is 3.88. The van der Waals surface area contributed by atoms with E-state index in [1.54, 1.807) is 6.92 Å². The van der Waals surface area contributed by atoms with Gasteiger partial charge >= 0.3 is 12.1 Å². The van der Waals surface area contributed by atoms with Crippen LogP contribution in [-0.4, -0.2) is 27.3 Å². The number of esters is 1. The Morgan fingerprint density at radius 1 is 1.43 bits per heavy atom. The van der Waals surface area contributed by atoms with E-state index in [1.165, 1.54) is 18.3 Å². The van der Waals surface area contributed by atoms with E-state index in [0.717, 1.165) is 0 Å². The van der Waals surface area contributed by atoms with E-state index in [0.29, 0.717) is 15.2 Å². The Balaban J connectivity index is 2.52. The minimum Gasteiger partial charge on any atom is -0.461 e. The molecule has 0 fully saturated rings. The van der Waals surface area contributed by atoms with Crippen molar-refractivity contribution < 1.29 is 22.7 Å². The lowest BCUT2D eigenvalue weighted by Gasteiger charge is -2.08. The third-order valence-corrected chi connectivity index (χ3v) is 2.88. The number of alkyl halides is 3. The summed E-state index contributed by atoms with van der Waals surface area (Å²) in [6.45, 7) is 1.60. The van der Waals surface area contributed by atoms with Crippen molar-refractivity contribution in [1.82, 2.24) is 14.8 Å². The molecule has 112 valence electrons. The quantitative estimate of drug-likeness (QED) is 0.785. The molecule has 0 atom stereocenters. The lowest BCUT2D eigenvalue weighted by Crippen LogP contribution is -2.14. The molecule has 0 aliphatic heterocycles. The van der Waals surface area contributed by atoms with Crippen molar-refractivity contribution in [3.63, 3.8) is 0 Å². The van der Waals surface area contributed by atoms with E-state index in [1.807, 2.05) is 0 Å². The first-order valence-corrected chi connectivity index (χ1v) is 6.58. The molecule has 0 N–H and O–H groups in total. The molecule has 0 saturated heterocycles. The van der Waals surface area contributed by atoms with Crippen LogP contribution in [0.25, 0.3) is 5.82 Å². The average molecular weight is 364 g/mol. The summed E-state index contributed by atoms with van der Waals surface area (Å²) in [4.78, 5) is 15.4. The summed E-state index contributed by atoms with van der Waals surface area (Å²) >= 11 is 3.14. The van der Waals surface area contributed by atoms with Crippen LogP contribution in [0, 0.1) is 0 Å². The van der Waals surface area contributed by atoms with E-state index >= 15 is 0 Å². The van der Waals surface area contributed by atoms with Crippen molar-refractivity contribution in [3.8, 4) is 5.82 Å². The molecule has 0 spiro atoms. The molecule has 9 heteroatoms. The fourth-order valence-electron chi connectivity index (χ4n) is 1.56. The van der Waals surface area contributed by atoms with Crippen LogP contribution < -0.4 is 0 Å². The maximum Gasteiger partial charge on any atom is 0.433 e. The SMILES string of the molecule is CCOC(=O)c1cc(C(F)(F)F)n(-c2ccc(Br)cn2)n1. The molecule has 21 heavy (non-hydrogen) atoms. The summed E-state index contributed by atoms with van der Waals surface area (Å²) < 4.78 is 44.9. The van der Waals surface area contributed by atoms with Gasteiger partial charge in [0.1, 0.15) is 0 Å². The van der Waals surface area contributed by atoms with Crippen LogP contribution in [0.3, 0.4) is 0 Å². The van der Waals surface area contributed by atoms with E-state index < -0.39 is 23.5 Å². The number of halogens is 4. The molecule has 2 aromatic rings. The average Bonchev–Trinajstić information content (AvgIpc) is 2.85. The number of carbonyl (C=O) groups excluding carboxylic acids is 1. The highest BCUT2D eigenvalue weighted by atomic mass is 79.9. The lowest BCUT2D eigenvalue weighted by molar-refractivity contribution is -0.142. The first-order chi connectivity index (χ1) is 9.82. The van der Waals surface area contributed by atoms with E-state index in [2.05, 4.69) is 30.7 Å². The zero-order valence-corrected chi connectivity index (χ0v) is 12.3. The third kappa shape index (κ3) is 3.41. The number of pyridine rings is 1. The van der Waals surface area contributed by atoms with Crippen molar-refractivity contribution in [3.05, 3.63) is 40.3 Å². The Bertz CT molecular complexity index is 653. The summed E-state index contributed by atoms with van der Waals surface area (Å²) in [6, 6.07) is 3.51. The normalized spacial score (nSPS) is 11.5. The van der Waals surface area contributed by atoms with Gasteiger partial charge in [0, 0.05) is 16.7 Å². The van der Waals surface area contributed by atoms with Gasteiger partial charge in [0.05, 0.1) is 6.61 Å². The van der Waals surface area contributed by atoms with E-state index in [-0.39, 0.29) is 12.4 Å². The van der Waals surface area contributed by atoms with Crippen LogP contribution in [0.15, 0.2) is 28.9 Å². The smallest absolute Gasteiger partial charge is 0.433 e. The van der Waals surface area contributed by atoms with Gasteiger partial charge in [-0.05, 0) is 35.0 Å². The summed E-state index contributed by atoms with van der Waals surface area (Å²) in [7, 11) is 0. The van der Waals surface area contributed by atoms with Gasteiger partial charge in [0.15, 0.2) is 17.2 Å². The highest BCUT2D eigenvalue weighted by Gasteiger charge is 2.37. The fourth-order valence-corrected chi connectivity index (χ4v) is 1.79. The Hall–Kier alpha value is -1.90. The number of carbonyl (C=O) groups is 1. The van der Waals surface area contributed by atoms with Crippen molar-refractivity contribution in [2.45, 2.75) is 13.1 Å². The van der Waals surface area contributed by atoms with Gasteiger partial charge in [-0.3, -0.25) is 0 Å². The number of hydrogen-bond acceptors (Lipinski definition) is 4. The number of ether oxygens (including phenoxy) is 1. The molecule has 0 radical (unpaired) electrons. The minimum atomic E-state index is -4.67.